The van der Waals surface area contributed by atoms with Crippen LogP contribution in [0.4, 0.5) is 5.69 Å². The van der Waals surface area contributed by atoms with E-state index >= 15 is 0 Å². The van der Waals surface area contributed by atoms with Gasteiger partial charge < -0.3 is 10.5 Å². The highest BCUT2D eigenvalue weighted by Crippen LogP contribution is 2.30. The van der Waals surface area contributed by atoms with Crippen LogP contribution in [-0.2, 0) is 6.42 Å². The number of nitrogens with two attached hydrogens (primary N) is 1. The quantitative estimate of drug-likeness (QED) is 0.668. The number of ether oxygens (including phenoxy) is 1. The zero-order valence-electron chi connectivity index (χ0n) is 10.1. The van der Waals surface area contributed by atoms with E-state index in [0.29, 0.717) is 12.3 Å². The van der Waals surface area contributed by atoms with Gasteiger partial charge in [-0.15, -0.1) is 0 Å². The molecule has 0 unspecified atom stereocenters. The molecular formula is C15H16BrNO. The second kappa shape index (κ2) is 6.45. The summed E-state index contributed by atoms with van der Waals surface area (Å²) in [6.45, 7) is 0.668. The van der Waals surface area contributed by atoms with Crippen LogP contribution in [0.25, 0.3) is 0 Å². The van der Waals surface area contributed by atoms with Crippen LogP contribution < -0.4 is 10.5 Å². The van der Waals surface area contributed by atoms with Crippen LogP contribution >= 0.6 is 15.9 Å². The molecule has 0 aliphatic carbocycles. The minimum atomic E-state index is 0.668. The lowest BCUT2D eigenvalue weighted by atomic mass is 10.1. The normalized spacial score (nSPS) is 10.3. The number of anilines is 1. The molecule has 0 fully saturated rings. The molecule has 94 valence electrons. The van der Waals surface area contributed by atoms with E-state index in [1.54, 1.807) is 0 Å². The monoisotopic (exact) mass is 305 g/mol. The number of hydrogen-bond acceptors (Lipinski definition) is 2. The van der Waals surface area contributed by atoms with E-state index in [4.69, 9.17) is 10.5 Å². The Bertz CT molecular complexity index is 479. The van der Waals surface area contributed by atoms with Gasteiger partial charge in [0.1, 0.15) is 0 Å². The minimum Gasteiger partial charge on any atom is -0.490 e. The molecule has 18 heavy (non-hydrogen) atoms. The zero-order chi connectivity index (χ0) is 12.8. The van der Waals surface area contributed by atoms with Crippen molar-refractivity contribution in [2.75, 3.05) is 12.3 Å². The van der Waals surface area contributed by atoms with Gasteiger partial charge in [0, 0.05) is 0 Å². The standard InChI is InChI=1S/C15H16BrNO/c16-13-9-4-10-14(17)15(13)18-11-5-8-12-6-2-1-3-7-12/h1-4,6-7,9-10H,5,8,11,17H2. The summed E-state index contributed by atoms with van der Waals surface area (Å²) in [6.07, 6.45) is 2.00. The molecule has 0 bridgehead atoms. The third-order valence-corrected chi connectivity index (χ3v) is 3.32. The summed E-state index contributed by atoms with van der Waals surface area (Å²) < 4.78 is 6.62. The minimum absolute atomic E-state index is 0.668. The van der Waals surface area contributed by atoms with E-state index in [9.17, 15) is 0 Å². The summed E-state index contributed by atoms with van der Waals surface area (Å²) in [4.78, 5) is 0. The van der Waals surface area contributed by atoms with Crippen molar-refractivity contribution in [2.45, 2.75) is 12.8 Å². The lowest BCUT2D eigenvalue weighted by molar-refractivity contribution is 0.311. The van der Waals surface area contributed by atoms with Crippen LogP contribution in [0.3, 0.4) is 0 Å². The van der Waals surface area contributed by atoms with Crippen molar-refractivity contribution in [3.63, 3.8) is 0 Å². The summed E-state index contributed by atoms with van der Waals surface area (Å²) in [7, 11) is 0. The SMILES string of the molecule is Nc1cccc(Br)c1OCCCc1ccccc1. The van der Waals surface area contributed by atoms with Gasteiger partial charge in [-0.2, -0.15) is 0 Å². The Balaban J connectivity index is 1.82. The Kier molecular flexibility index (Phi) is 4.65. The number of halogens is 1. The highest BCUT2D eigenvalue weighted by atomic mass is 79.9. The molecular weight excluding hydrogens is 290 g/mol. The molecule has 3 heteroatoms. The molecule has 0 aliphatic rings. The second-order valence-electron chi connectivity index (χ2n) is 4.10. The van der Waals surface area contributed by atoms with Crippen LogP contribution in [0.1, 0.15) is 12.0 Å². The van der Waals surface area contributed by atoms with Gasteiger partial charge in [-0.1, -0.05) is 36.4 Å². The molecule has 2 aromatic rings. The van der Waals surface area contributed by atoms with Gasteiger partial charge in [-0.05, 0) is 46.5 Å². The first-order chi connectivity index (χ1) is 8.77. The fourth-order valence-corrected chi connectivity index (χ4v) is 2.27. The van der Waals surface area contributed by atoms with Crippen LogP contribution in [0.2, 0.25) is 0 Å². The number of rotatable bonds is 5. The maximum Gasteiger partial charge on any atom is 0.156 e. The number of para-hydroxylation sites is 1. The largest absolute Gasteiger partial charge is 0.490 e. The average Bonchev–Trinajstić information content (AvgIpc) is 2.38. The maximum atomic E-state index is 5.86. The van der Waals surface area contributed by atoms with Gasteiger partial charge in [0.15, 0.2) is 5.75 Å². The number of nitrogen functional groups attached to an aromatic ring is 1. The summed E-state index contributed by atoms with van der Waals surface area (Å²) in [5.41, 5.74) is 7.86. The van der Waals surface area contributed by atoms with Gasteiger partial charge in [-0.25, -0.2) is 0 Å². The van der Waals surface area contributed by atoms with Crippen LogP contribution in [-0.4, -0.2) is 6.61 Å². The van der Waals surface area contributed by atoms with Gasteiger partial charge in [-0.3, -0.25) is 0 Å². The Hall–Kier alpha value is -1.48. The first-order valence-corrected chi connectivity index (χ1v) is 6.77. The Morgan fingerprint density at radius 3 is 2.50 bits per heavy atom. The highest BCUT2D eigenvalue weighted by Gasteiger charge is 2.04. The highest BCUT2D eigenvalue weighted by molar-refractivity contribution is 9.10. The number of aryl methyl sites for hydroxylation is 1. The van der Waals surface area contributed by atoms with Crippen LogP contribution in [0.5, 0.6) is 5.75 Å². The smallest absolute Gasteiger partial charge is 0.156 e. The molecule has 0 saturated heterocycles. The van der Waals surface area contributed by atoms with Crippen LogP contribution in [0, 0.1) is 0 Å². The van der Waals surface area contributed by atoms with E-state index in [-0.39, 0.29) is 0 Å². The van der Waals surface area contributed by atoms with Crippen molar-refractivity contribution < 1.29 is 4.74 Å². The predicted molar refractivity (Wildman–Crippen MR) is 78.8 cm³/mol. The fraction of sp³-hybridized carbons (Fsp3) is 0.200. The van der Waals surface area contributed by atoms with Crippen molar-refractivity contribution in [2.24, 2.45) is 0 Å². The fourth-order valence-electron chi connectivity index (χ4n) is 1.77. The molecule has 2 aromatic carbocycles. The third kappa shape index (κ3) is 3.50. The first kappa shape index (κ1) is 13.0. The van der Waals surface area contributed by atoms with E-state index in [2.05, 4.69) is 40.2 Å². The average molecular weight is 306 g/mol. The van der Waals surface area contributed by atoms with Crippen molar-refractivity contribution in [3.8, 4) is 5.75 Å². The summed E-state index contributed by atoms with van der Waals surface area (Å²) in [6, 6.07) is 16.1. The molecule has 0 radical (unpaired) electrons. The third-order valence-electron chi connectivity index (χ3n) is 2.70. The Labute approximate surface area is 116 Å². The lowest BCUT2D eigenvalue weighted by Crippen LogP contribution is -2.02. The molecule has 0 saturated carbocycles. The number of hydrogen-bond donors (Lipinski definition) is 1. The molecule has 0 atom stereocenters. The Morgan fingerprint density at radius 2 is 1.78 bits per heavy atom. The molecule has 2 nitrogen and oxygen atoms in total. The molecule has 0 amide bonds. The topological polar surface area (TPSA) is 35.2 Å². The van der Waals surface area contributed by atoms with Gasteiger partial charge in [0.25, 0.3) is 0 Å². The maximum absolute atomic E-state index is 5.86. The van der Waals surface area contributed by atoms with E-state index in [0.717, 1.165) is 23.1 Å². The first-order valence-electron chi connectivity index (χ1n) is 5.98. The second-order valence-corrected chi connectivity index (χ2v) is 4.95. The Morgan fingerprint density at radius 1 is 1.00 bits per heavy atom. The molecule has 2 N–H and O–H groups in total. The summed E-state index contributed by atoms with van der Waals surface area (Å²) in [5.74, 6) is 0.741. The zero-order valence-corrected chi connectivity index (χ0v) is 11.7. The lowest BCUT2D eigenvalue weighted by Gasteiger charge is -2.10. The predicted octanol–water partition coefficient (Wildman–Crippen LogP) is 4.04. The van der Waals surface area contributed by atoms with Crippen molar-refractivity contribution in [3.05, 3.63) is 58.6 Å². The molecule has 0 aliphatic heterocycles. The summed E-state index contributed by atoms with van der Waals surface area (Å²) >= 11 is 3.44. The molecule has 2 rings (SSSR count). The molecule has 0 aromatic heterocycles. The number of benzene rings is 2. The van der Waals surface area contributed by atoms with Gasteiger partial charge in [0.05, 0.1) is 16.8 Å². The van der Waals surface area contributed by atoms with Gasteiger partial charge >= 0.3 is 0 Å². The van der Waals surface area contributed by atoms with Crippen molar-refractivity contribution >= 4 is 21.6 Å². The van der Waals surface area contributed by atoms with E-state index in [1.165, 1.54) is 5.56 Å². The van der Waals surface area contributed by atoms with Crippen molar-refractivity contribution in [1.29, 1.82) is 0 Å². The van der Waals surface area contributed by atoms with Gasteiger partial charge in [0.2, 0.25) is 0 Å². The summed E-state index contributed by atoms with van der Waals surface area (Å²) in [5, 5.41) is 0. The van der Waals surface area contributed by atoms with E-state index < -0.39 is 0 Å². The molecule has 0 spiro atoms. The van der Waals surface area contributed by atoms with E-state index in [1.807, 2.05) is 24.3 Å². The molecule has 0 heterocycles. The van der Waals surface area contributed by atoms with Crippen LogP contribution in [0.15, 0.2) is 53.0 Å². The van der Waals surface area contributed by atoms with Crippen molar-refractivity contribution in [1.82, 2.24) is 0 Å².